The van der Waals surface area contributed by atoms with Crippen molar-refractivity contribution in [3.63, 3.8) is 0 Å². The minimum Gasteiger partial charge on any atom is -0.484 e. The summed E-state index contributed by atoms with van der Waals surface area (Å²) in [6.07, 6.45) is -1.75. The molecular formula is C22H21F3N4O3. The largest absolute Gasteiger partial charge is 0.484 e. The fraction of sp³-hybridized carbons (Fsp3) is 0.318. The number of hydrogen-bond acceptors (Lipinski definition) is 6. The Morgan fingerprint density at radius 1 is 1.19 bits per heavy atom. The molecule has 0 N–H and O–H groups in total. The lowest BCUT2D eigenvalue weighted by molar-refractivity contribution is -0.153. The standard InChI is InChI=1S/C22H21F3N4O3/c1-28-20(30)12-17(15-6-8-26-9-7-15)27-21(28)29-10-11-31-19(13-29)16-4-2-3-5-18(16)32-14-22(23,24)25/h2-9,12,19H,10-11,13-14H2,1H3. The first-order chi connectivity index (χ1) is 15.3. The number of anilines is 1. The fourth-order valence-electron chi connectivity index (χ4n) is 3.54. The van der Waals surface area contributed by atoms with Gasteiger partial charge in [0.25, 0.3) is 5.56 Å². The third-order valence-electron chi connectivity index (χ3n) is 5.09. The van der Waals surface area contributed by atoms with Crippen LogP contribution in [0.4, 0.5) is 19.1 Å². The third kappa shape index (κ3) is 4.91. The Morgan fingerprint density at radius 2 is 1.94 bits per heavy atom. The lowest BCUT2D eigenvalue weighted by Crippen LogP contribution is -2.41. The summed E-state index contributed by atoms with van der Waals surface area (Å²) in [6.45, 7) is -0.299. The quantitative estimate of drug-likeness (QED) is 0.599. The number of benzene rings is 1. The van der Waals surface area contributed by atoms with Crippen molar-refractivity contribution < 1.29 is 22.6 Å². The van der Waals surface area contributed by atoms with Crippen LogP contribution in [0.15, 0.2) is 59.7 Å². The normalized spacial score (nSPS) is 16.8. The number of aromatic nitrogens is 3. The molecule has 3 heterocycles. The van der Waals surface area contributed by atoms with E-state index in [4.69, 9.17) is 9.47 Å². The van der Waals surface area contributed by atoms with Gasteiger partial charge in [0.2, 0.25) is 5.95 Å². The molecule has 2 aromatic heterocycles. The van der Waals surface area contributed by atoms with Gasteiger partial charge in [-0.25, -0.2) is 4.98 Å². The van der Waals surface area contributed by atoms with Crippen LogP contribution in [0.3, 0.4) is 0 Å². The number of nitrogens with zero attached hydrogens (tertiary/aromatic N) is 4. The molecule has 0 amide bonds. The van der Waals surface area contributed by atoms with Gasteiger partial charge >= 0.3 is 6.18 Å². The van der Waals surface area contributed by atoms with Crippen LogP contribution in [0.25, 0.3) is 11.3 Å². The first-order valence-corrected chi connectivity index (χ1v) is 9.95. The molecule has 1 atom stereocenters. The van der Waals surface area contributed by atoms with Crippen molar-refractivity contribution in [2.45, 2.75) is 12.3 Å². The molecule has 10 heteroatoms. The van der Waals surface area contributed by atoms with Gasteiger partial charge < -0.3 is 14.4 Å². The maximum absolute atomic E-state index is 12.6. The van der Waals surface area contributed by atoms with E-state index in [-0.39, 0.29) is 11.3 Å². The summed E-state index contributed by atoms with van der Waals surface area (Å²) < 4.78 is 50.3. The van der Waals surface area contributed by atoms with Gasteiger partial charge in [0.15, 0.2) is 6.61 Å². The van der Waals surface area contributed by atoms with E-state index in [9.17, 15) is 18.0 Å². The number of alkyl halides is 3. The van der Waals surface area contributed by atoms with Gasteiger partial charge in [-0.3, -0.25) is 14.3 Å². The van der Waals surface area contributed by atoms with Gasteiger partial charge in [-0.1, -0.05) is 18.2 Å². The average Bonchev–Trinajstić information content (AvgIpc) is 2.80. The highest BCUT2D eigenvalue weighted by Crippen LogP contribution is 2.32. The van der Waals surface area contributed by atoms with Crippen molar-refractivity contribution in [1.29, 1.82) is 0 Å². The number of rotatable bonds is 5. The molecule has 7 nitrogen and oxygen atoms in total. The first kappa shape index (κ1) is 21.8. The SMILES string of the molecule is Cn1c(N2CCOC(c3ccccc3OCC(F)(F)F)C2)nc(-c2ccncc2)cc1=O. The minimum absolute atomic E-state index is 0.115. The van der Waals surface area contributed by atoms with Crippen LogP contribution in [0, 0.1) is 0 Å². The van der Waals surface area contributed by atoms with E-state index in [0.29, 0.717) is 36.9 Å². The van der Waals surface area contributed by atoms with E-state index in [0.717, 1.165) is 5.56 Å². The van der Waals surface area contributed by atoms with Crippen molar-refractivity contribution in [2.75, 3.05) is 31.2 Å². The topological polar surface area (TPSA) is 69.5 Å². The van der Waals surface area contributed by atoms with E-state index in [2.05, 4.69) is 9.97 Å². The third-order valence-corrected chi connectivity index (χ3v) is 5.09. The number of ether oxygens (including phenoxy) is 2. The second kappa shape index (κ2) is 8.99. The number of halogens is 3. The Morgan fingerprint density at radius 3 is 2.69 bits per heavy atom. The zero-order valence-electron chi connectivity index (χ0n) is 17.2. The average molecular weight is 446 g/mol. The van der Waals surface area contributed by atoms with Crippen molar-refractivity contribution in [3.8, 4) is 17.0 Å². The Hall–Kier alpha value is -3.40. The van der Waals surface area contributed by atoms with Crippen LogP contribution >= 0.6 is 0 Å². The van der Waals surface area contributed by atoms with E-state index >= 15 is 0 Å². The highest BCUT2D eigenvalue weighted by atomic mass is 19.4. The van der Waals surface area contributed by atoms with Crippen molar-refractivity contribution >= 4 is 5.95 Å². The molecule has 1 aliphatic heterocycles. The van der Waals surface area contributed by atoms with Gasteiger partial charge in [-0.15, -0.1) is 0 Å². The highest BCUT2D eigenvalue weighted by Gasteiger charge is 2.31. The van der Waals surface area contributed by atoms with Gasteiger partial charge in [0.1, 0.15) is 11.9 Å². The van der Waals surface area contributed by atoms with E-state index < -0.39 is 18.9 Å². The zero-order valence-corrected chi connectivity index (χ0v) is 17.2. The summed E-state index contributed by atoms with van der Waals surface area (Å²) in [5.74, 6) is 0.565. The molecule has 4 rings (SSSR count). The summed E-state index contributed by atoms with van der Waals surface area (Å²) in [5.41, 5.74) is 1.56. The molecule has 3 aromatic rings. The molecule has 1 fully saturated rings. The molecule has 1 aromatic carbocycles. The maximum atomic E-state index is 12.6. The number of pyridine rings is 1. The predicted molar refractivity (Wildman–Crippen MR) is 112 cm³/mol. The van der Waals surface area contributed by atoms with Gasteiger partial charge in [0, 0.05) is 43.2 Å². The van der Waals surface area contributed by atoms with Crippen LogP contribution in [0.5, 0.6) is 5.75 Å². The minimum atomic E-state index is -4.44. The smallest absolute Gasteiger partial charge is 0.422 e. The van der Waals surface area contributed by atoms with E-state index in [1.807, 2.05) is 4.90 Å². The zero-order chi connectivity index (χ0) is 22.7. The Labute approximate surface area is 182 Å². The molecule has 168 valence electrons. The monoisotopic (exact) mass is 446 g/mol. The first-order valence-electron chi connectivity index (χ1n) is 9.95. The Balaban J connectivity index is 1.62. The molecule has 32 heavy (non-hydrogen) atoms. The summed E-state index contributed by atoms with van der Waals surface area (Å²) in [6, 6.07) is 11.5. The molecular weight excluding hydrogens is 425 g/mol. The number of hydrogen-bond donors (Lipinski definition) is 0. The van der Waals surface area contributed by atoms with E-state index in [1.165, 1.54) is 16.7 Å². The number of morpholine rings is 1. The van der Waals surface area contributed by atoms with Crippen LogP contribution in [-0.4, -0.2) is 47.0 Å². The van der Waals surface area contributed by atoms with Gasteiger partial charge in [0.05, 0.1) is 18.8 Å². The Kier molecular flexibility index (Phi) is 6.13. The Bertz CT molecular complexity index is 1140. The molecule has 0 saturated carbocycles. The molecule has 0 radical (unpaired) electrons. The molecule has 1 saturated heterocycles. The predicted octanol–water partition coefficient (Wildman–Crippen LogP) is 3.36. The van der Waals surface area contributed by atoms with Crippen LogP contribution in [-0.2, 0) is 11.8 Å². The summed E-state index contributed by atoms with van der Waals surface area (Å²) in [7, 11) is 1.63. The molecule has 0 bridgehead atoms. The molecule has 1 unspecified atom stereocenters. The molecule has 0 spiro atoms. The maximum Gasteiger partial charge on any atom is 0.422 e. The number of para-hydroxylation sites is 1. The van der Waals surface area contributed by atoms with Crippen molar-refractivity contribution in [3.05, 3.63) is 70.8 Å². The fourth-order valence-corrected chi connectivity index (χ4v) is 3.54. The lowest BCUT2D eigenvalue weighted by Gasteiger charge is -2.35. The molecule has 1 aliphatic rings. The van der Waals surface area contributed by atoms with Crippen LogP contribution in [0.1, 0.15) is 11.7 Å². The second-order valence-corrected chi connectivity index (χ2v) is 7.32. The highest BCUT2D eigenvalue weighted by molar-refractivity contribution is 5.59. The van der Waals surface area contributed by atoms with E-state index in [1.54, 1.807) is 49.8 Å². The van der Waals surface area contributed by atoms with Crippen LogP contribution < -0.4 is 15.2 Å². The summed E-state index contributed by atoms with van der Waals surface area (Å²) in [5, 5.41) is 0. The van der Waals surface area contributed by atoms with Crippen molar-refractivity contribution in [1.82, 2.24) is 14.5 Å². The summed E-state index contributed by atoms with van der Waals surface area (Å²) >= 11 is 0. The molecule has 0 aliphatic carbocycles. The second-order valence-electron chi connectivity index (χ2n) is 7.32. The summed E-state index contributed by atoms with van der Waals surface area (Å²) in [4.78, 5) is 23.1. The van der Waals surface area contributed by atoms with Gasteiger partial charge in [-0.05, 0) is 18.2 Å². The van der Waals surface area contributed by atoms with Gasteiger partial charge in [-0.2, -0.15) is 13.2 Å². The lowest BCUT2D eigenvalue weighted by atomic mass is 10.1. The van der Waals surface area contributed by atoms with Crippen LogP contribution in [0.2, 0.25) is 0 Å². The van der Waals surface area contributed by atoms with Crippen molar-refractivity contribution in [2.24, 2.45) is 7.05 Å².